The molecule has 4 rings (SSSR count). The lowest BCUT2D eigenvalue weighted by Gasteiger charge is -2.33. The Kier molecular flexibility index (Phi) is 6.56. The molecule has 0 radical (unpaired) electrons. The first-order chi connectivity index (χ1) is 15.4. The van der Waals surface area contributed by atoms with Gasteiger partial charge in [0, 0.05) is 18.1 Å². The van der Waals surface area contributed by atoms with E-state index in [4.69, 9.17) is 16.3 Å². The number of amides is 2. The van der Waals surface area contributed by atoms with Crippen molar-refractivity contribution >= 4 is 34.7 Å². The van der Waals surface area contributed by atoms with Crippen molar-refractivity contribution < 1.29 is 14.3 Å². The molecule has 2 aliphatic rings. The first kappa shape index (κ1) is 22.4. The summed E-state index contributed by atoms with van der Waals surface area (Å²) in [6, 6.07) is 12.7. The highest BCUT2D eigenvalue weighted by molar-refractivity contribution is 6.45. The van der Waals surface area contributed by atoms with Crippen LogP contribution >= 0.6 is 11.6 Å². The molecule has 0 aliphatic carbocycles. The number of piperidine rings is 1. The molecule has 1 atom stereocenters. The number of ether oxygens (including phenoxy) is 1. The van der Waals surface area contributed by atoms with Crippen molar-refractivity contribution in [2.75, 3.05) is 24.6 Å². The van der Waals surface area contributed by atoms with Crippen molar-refractivity contribution in [1.29, 1.82) is 0 Å². The SMILES string of the molecule is CCCOc1ccc(C2=C(N3CCCC(C)C3)C(=O)N(c3cc(Cl)ccc3C)C2=O)cc1. The molecule has 2 aliphatic heterocycles. The minimum Gasteiger partial charge on any atom is -0.494 e. The minimum absolute atomic E-state index is 0.282. The summed E-state index contributed by atoms with van der Waals surface area (Å²) in [5, 5.41) is 0.491. The number of carbonyl (C=O) groups excluding carboxylic acids is 2. The van der Waals surface area contributed by atoms with Gasteiger partial charge in [0.2, 0.25) is 0 Å². The monoisotopic (exact) mass is 452 g/mol. The highest BCUT2D eigenvalue weighted by atomic mass is 35.5. The van der Waals surface area contributed by atoms with Crippen LogP contribution < -0.4 is 9.64 Å². The quantitative estimate of drug-likeness (QED) is 0.546. The van der Waals surface area contributed by atoms with E-state index in [9.17, 15) is 9.59 Å². The molecule has 1 fully saturated rings. The van der Waals surface area contributed by atoms with E-state index in [0.29, 0.717) is 34.5 Å². The fourth-order valence-corrected chi connectivity index (χ4v) is 4.61. The summed E-state index contributed by atoms with van der Waals surface area (Å²) in [5.74, 6) is 0.627. The van der Waals surface area contributed by atoms with E-state index >= 15 is 0 Å². The predicted octanol–water partition coefficient (Wildman–Crippen LogP) is 5.45. The van der Waals surface area contributed by atoms with E-state index in [1.165, 1.54) is 4.90 Å². The van der Waals surface area contributed by atoms with Crippen molar-refractivity contribution in [3.05, 3.63) is 64.3 Å². The van der Waals surface area contributed by atoms with Crippen LogP contribution in [0.5, 0.6) is 5.75 Å². The molecule has 1 saturated heterocycles. The van der Waals surface area contributed by atoms with E-state index in [1.54, 1.807) is 12.1 Å². The molecular weight excluding hydrogens is 424 g/mol. The van der Waals surface area contributed by atoms with Crippen LogP contribution in [0.4, 0.5) is 5.69 Å². The molecule has 2 aromatic rings. The minimum atomic E-state index is -0.309. The normalized spacial score (nSPS) is 19.2. The number of imide groups is 1. The third-order valence-electron chi connectivity index (χ3n) is 6.06. The second kappa shape index (κ2) is 9.37. The zero-order valence-corrected chi connectivity index (χ0v) is 19.6. The molecule has 5 nitrogen and oxygen atoms in total. The van der Waals surface area contributed by atoms with Gasteiger partial charge in [-0.25, -0.2) is 4.90 Å². The first-order valence-corrected chi connectivity index (χ1v) is 11.7. The Morgan fingerprint density at radius 3 is 2.53 bits per heavy atom. The van der Waals surface area contributed by atoms with E-state index in [2.05, 4.69) is 18.7 Å². The van der Waals surface area contributed by atoms with Gasteiger partial charge in [-0.3, -0.25) is 9.59 Å². The average molecular weight is 453 g/mol. The molecule has 0 saturated carbocycles. The van der Waals surface area contributed by atoms with Gasteiger partial charge in [-0.05, 0) is 67.5 Å². The van der Waals surface area contributed by atoms with Crippen molar-refractivity contribution in [3.63, 3.8) is 0 Å². The number of hydrogen-bond acceptors (Lipinski definition) is 4. The van der Waals surface area contributed by atoms with Crippen molar-refractivity contribution in [2.24, 2.45) is 5.92 Å². The number of likely N-dealkylation sites (tertiary alicyclic amines) is 1. The summed E-state index contributed by atoms with van der Waals surface area (Å²) >= 11 is 6.22. The molecule has 0 N–H and O–H groups in total. The Balaban J connectivity index is 1.78. The summed E-state index contributed by atoms with van der Waals surface area (Å²) in [6.07, 6.45) is 3.05. The Bertz CT molecular complexity index is 1060. The zero-order valence-electron chi connectivity index (χ0n) is 18.9. The molecule has 2 aromatic carbocycles. The van der Waals surface area contributed by atoms with Gasteiger partial charge in [-0.2, -0.15) is 0 Å². The number of benzene rings is 2. The van der Waals surface area contributed by atoms with Crippen molar-refractivity contribution in [1.82, 2.24) is 4.90 Å². The summed E-state index contributed by atoms with van der Waals surface area (Å²) < 4.78 is 5.69. The van der Waals surface area contributed by atoms with Gasteiger partial charge in [0.15, 0.2) is 0 Å². The van der Waals surface area contributed by atoms with Crippen molar-refractivity contribution in [3.8, 4) is 5.75 Å². The Hall–Kier alpha value is -2.79. The summed E-state index contributed by atoms with van der Waals surface area (Å²) in [5.41, 5.74) is 3.02. The second-order valence-electron chi connectivity index (χ2n) is 8.67. The highest BCUT2D eigenvalue weighted by Crippen LogP contribution is 2.38. The number of anilines is 1. The lowest BCUT2D eigenvalue weighted by molar-refractivity contribution is -0.120. The maximum atomic E-state index is 13.7. The zero-order chi connectivity index (χ0) is 22.8. The molecule has 168 valence electrons. The maximum Gasteiger partial charge on any atom is 0.282 e. The van der Waals surface area contributed by atoms with Crippen LogP contribution in [0.1, 0.15) is 44.2 Å². The van der Waals surface area contributed by atoms with Gasteiger partial charge in [-0.1, -0.05) is 43.6 Å². The van der Waals surface area contributed by atoms with Crippen LogP contribution in [0, 0.1) is 12.8 Å². The number of rotatable bonds is 6. The van der Waals surface area contributed by atoms with Crippen LogP contribution in [0.3, 0.4) is 0 Å². The lowest BCUT2D eigenvalue weighted by Crippen LogP contribution is -2.39. The molecule has 0 bridgehead atoms. The Labute approximate surface area is 194 Å². The van der Waals surface area contributed by atoms with Crippen LogP contribution in [0.15, 0.2) is 48.2 Å². The molecule has 2 amide bonds. The fraction of sp³-hybridized carbons (Fsp3) is 0.385. The summed E-state index contributed by atoms with van der Waals surface area (Å²) in [7, 11) is 0. The second-order valence-corrected chi connectivity index (χ2v) is 9.10. The number of carbonyl (C=O) groups is 2. The van der Waals surface area contributed by atoms with E-state index in [1.807, 2.05) is 37.3 Å². The van der Waals surface area contributed by atoms with Gasteiger partial charge < -0.3 is 9.64 Å². The fourth-order valence-electron chi connectivity index (χ4n) is 4.44. The lowest BCUT2D eigenvalue weighted by atomic mass is 9.97. The van der Waals surface area contributed by atoms with Gasteiger partial charge in [0.25, 0.3) is 11.8 Å². The topological polar surface area (TPSA) is 49.9 Å². The largest absolute Gasteiger partial charge is 0.494 e. The molecule has 0 spiro atoms. The van der Waals surface area contributed by atoms with Gasteiger partial charge >= 0.3 is 0 Å². The van der Waals surface area contributed by atoms with Crippen LogP contribution in [-0.4, -0.2) is 36.4 Å². The van der Waals surface area contributed by atoms with Gasteiger partial charge in [0.05, 0.1) is 17.9 Å². The average Bonchev–Trinajstić information content (AvgIpc) is 3.04. The van der Waals surface area contributed by atoms with Gasteiger partial charge in [-0.15, -0.1) is 0 Å². The number of hydrogen-bond donors (Lipinski definition) is 0. The Morgan fingerprint density at radius 1 is 1.09 bits per heavy atom. The highest BCUT2D eigenvalue weighted by Gasteiger charge is 2.43. The standard InChI is InChI=1S/C26H29ClN2O3/c1-4-14-32-21-11-8-19(9-12-21)23-24(28-13-5-6-17(2)16-28)26(31)29(25(23)30)22-15-20(27)10-7-18(22)3/h7-12,15,17H,4-6,13-14,16H2,1-3H3. The first-order valence-electron chi connectivity index (χ1n) is 11.3. The van der Waals surface area contributed by atoms with E-state index in [0.717, 1.165) is 49.2 Å². The molecule has 6 heteroatoms. The third-order valence-corrected chi connectivity index (χ3v) is 6.30. The smallest absolute Gasteiger partial charge is 0.282 e. The molecule has 1 unspecified atom stereocenters. The maximum absolute atomic E-state index is 13.7. The molecular formula is C26H29ClN2O3. The van der Waals surface area contributed by atoms with E-state index < -0.39 is 0 Å². The van der Waals surface area contributed by atoms with Crippen LogP contribution in [0.2, 0.25) is 5.02 Å². The Morgan fingerprint density at radius 2 is 1.84 bits per heavy atom. The molecule has 0 aromatic heterocycles. The molecule has 2 heterocycles. The predicted molar refractivity (Wildman–Crippen MR) is 128 cm³/mol. The number of halogens is 1. The van der Waals surface area contributed by atoms with Gasteiger partial charge in [0.1, 0.15) is 11.4 Å². The van der Waals surface area contributed by atoms with Crippen molar-refractivity contribution in [2.45, 2.75) is 40.0 Å². The summed E-state index contributed by atoms with van der Waals surface area (Å²) in [4.78, 5) is 30.8. The summed E-state index contributed by atoms with van der Waals surface area (Å²) in [6.45, 7) is 8.29. The number of nitrogens with zero attached hydrogens (tertiary/aromatic N) is 2. The van der Waals surface area contributed by atoms with E-state index in [-0.39, 0.29) is 11.8 Å². The molecule has 32 heavy (non-hydrogen) atoms. The third kappa shape index (κ3) is 4.26. The van der Waals surface area contributed by atoms with Crippen LogP contribution in [-0.2, 0) is 9.59 Å². The number of aryl methyl sites for hydroxylation is 1. The van der Waals surface area contributed by atoms with Crippen LogP contribution in [0.25, 0.3) is 5.57 Å².